The molecule has 1 saturated carbocycles. The van der Waals surface area contributed by atoms with E-state index in [0.29, 0.717) is 28.0 Å². The van der Waals surface area contributed by atoms with Gasteiger partial charge in [-0.15, -0.1) is 0 Å². The Morgan fingerprint density at radius 2 is 2.05 bits per heavy atom. The lowest BCUT2D eigenvalue weighted by molar-refractivity contribution is -0.138. The predicted octanol–water partition coefficient (Wildman–Crippen LogP) is 4.44. The van der Waals surface area contributed by atoms with Crippen molar-refractivity contribution in [2.45, 2.75) is 12.3 Å². The van der Waals surface area contributed by atoms with Gasteiger partial charge in [0.05, 0.1) is 10.9 Å². The summed E-state index contributed by atoms with van der Waals surface area (Å²) in [5, 5.41) is 9.98. The third-order valence-corrected chi connectivity index (χ3v) is 3.84. The molecule has 5 heteroatoms. The fourth-order valence-corrected chi connectivity index (χ4v) is 2.67. The van der Waals surface area contributed by atoms with E-state index in [9.17, 15) is 4.79 Å². The molecule has 3 rings (SSSR count). The van der Waals surface area contributed by atoms with E-state index in [-0.39, 0.29) is 11.8 Å². The van der Waals surface area contributed by atoms with Gasteiger partial charge < -0.3 is 9.52 Å². The summed E-state index contributed by atoms with van der Waals surface area (Å²) in [7, 11) is 0. The molecular formula is C14H10Cl2O3. The van der Waals surface area contributed by atoms with Gasteiger partial charge in [0.15, 0.2) is 0 Å². The van der Waals surface area contributed by atoms with Crippen LogP contribution in [0.3, 0.4) is 0 Å². The van der Waals surface area contributed by atoms with Crippen molar-refractivity contribution in [1.29, 1.82) is 0 Å². The zero-order valence-corrected chi connectivity index (χ0v) is 11.3. The molecule has 0 spiro atoms. The third-order valence-electron chi connectivity index (χ3n) is 3.30. The molecule has 2 atom stereocenters. The lowest BCUT2D eigenvalue weighted by Crippen LogP contribution is -1.98. The quantitative estimate of drug-likeness (QED) is 0.911. The summed E-state index contributed by atoms with van der Waals surface area (Å²) in [6.07, 6.45) is 0.636. The van der Waals surface area contributed by atoms with Crippen molar-refractivity contribution in [3.63, 3.8) is 0 Å². The average Bonchev–Trinajstić information content (AvgIpc) is 3.01. The molecule has 1 aromatic heterocycles. The Labute approximate surface area is 119 Å². The van der Waals surface area contributed by atoms with Crippen molar-refractivity contribution in [3.05, 3.63) is 46.1 Å². The number of benzene rings is 1. The Kier molecular flexibility index (Phi) is 3.03. The number of halogens is 2. The standard InChI is InChI=1S/C14H10Cl2O3/c15-7-1-2-8(11(16)5-7)12-3-4-13(19-12)9-6-10(9)14(17)18/h1-5,9-10H,6H2,(H,17,18)/t9-,10+/m1/s1. The molecule has 1 N–H and O–H groups in total. The molecule has 0 unspecified atom stereocenters. The van der Waals surface area contributed by atoms with Crippen LogP contribution in [-0.4, -0.2) is 11.1 Å². The Morgan fingerprint density at radius 3 is 2.68 bits per heavy atom. The highest BCUT2D eigenvalue weighted by atomic mass is 35.5. The van der Waals surface area contributed by atoms with E-state index in [4.69, 9.17) is 32.7 Å². The van der Waals surface area contributed by atoms with E-state index >= 15 is 0 Å². The number of rotatable bonds is 3. The summed E-state index contributed by atoms with van der Waals surface area (Å²) in [6.45, 7) is 0. The molecule has 1 aromatic carbocycles. The lowest BCUT2D eigenvalue weighted by atomic mass is 10.2. The van der Waals surface area contributed by atoms with Gasteiger partial charge in [0.1, 0.15) is 11.5 Å². The van der Waals surface area contributed by atoms with Crippen LogP contribution in [0.1, 0.15) is 18.1 Å². The Balaban J connectivity index is 1.88. The van der Waals surface area contributed by atoms with Crippen LogP contribution >= 0.6 is 23.2 Å². The second kappa shape index (κ2) is 4.58. The normalized spacial score (nSPS) is 21.4. The van der Waals surface area contributed by atoms with Crippen LogP contribution in [0.5, 0.6) is 0 Å². The maximum Gasteiger partial charge on any atom is 0.307 e. The van der Waals surface area contributed by atoms with Crippen molar-refractivity contribution in [2.24, 2.45) is 5.92 Å². The number of carboxylic acid groups (broad SMARTS) is 1. The molecule has 19 heavy (non-hydrogen) atoms. The fourth-order valence-electron chi connectivity index (χ4n) is 2.17. The number of aliphatic carboxylic acids is 1. The summed E-state index contributed by atoms with van der Waals surface area (Å²) in [5.74, 6) is 0.227. The highest BCUT2D eigenvalue weighted by molar-refractivity contribution is 6.36. The van der Waals surface area contributed by atoms with E-state index in [1.165, 1.54) is 0 Å². The van der Waals surface area contributed by atoms with Gasteiger partial charge in [0, 0.05) is 16.5 Å². The summed E-state index contributed by atoms with van der Waals surface area (Å²) >= 11 is 12.0. The van der Waals surface area contributed by atoms with Gasteiger partial charge in [0.2, 0.25) is 0 Å². The zero-order valence-electron chi connectivity index (χ0n) is 9.77. The predicted molar refractivity (Wildman–Crippen MR) is 72.6 cm³/mol. The van der Waals surface area contributed by atoms with Crippen LogP contribution in [0.15, 0.2) is 34.7 Å². The number of carboxylic acids is 1. The van der Waals surface area contributed by atoms with Crippen LogP contribution in [0, 0.1) is 5.92 Å². The van der Waals surface area contributed by atoms with E-state index in [0.717, 1.165) is 5.56 Å². The molecule has 0 saturated heterocycles. The van der Waals surface area contributed by atoms with Gasteiger partial charge in [-0.3, -0.25) is 4.79 Å². The molecule has 0 amide bonds. The maximum atomic E-state index is 10.8. The topological polar surface area (TPSA) is 50.4 Å². The van der Waals surface area contributed by atoms with Gasteiger partial charge in [-0.2, -0.15) is 0 Å². The van der Waals surface area contributed by atoms with Crippen LogP contribution in [-0.2, 0) is 4.79 Å². The molecule has 1 heterocycles. The third kappa shape index (κ3) is 2.36. The van der Waals surface area contributed by atoms with Crippen molar-refractivity contribution in [1.82, 2.24) is 0 Å². The first-order valence-electron chi connectivity index (χ1n) is 5.84. The first-order valence-corrected chi connectivity index (χ1v) is 6.60. The minimum atomic E-state index is -0.771. The van der Waals surface area contributed by atoms with E-state index < -0.39 is 5.97 Å². The molecular weight excluding hydrogens is 287 g/mol. The molecule has 0 bridgehead atoms. The number of hydrogen-bond acceptors (Lipinski definition) is 2. The Hall–Kier alpha value is -1.45. The summed E-state index contributed by atoms with van der Waals surface area (Å²) in [5.41, 5.74) is 0.754. The van der Waals surface area contributed by atoms with Crippen LogP contribution < -0.4 is 0 Å². The van der Waals surface area contributed by atoms with E-state index in [1.807, 2.05) is 12.1 Å². The smallest absolute Gasteiger partial charge is 0.307 e. The summed E-state index contributed by atoms with van der Waals surface area (Å²) in [4.78, 5) is 10.8. The number of hydrogen-bond donors (Lipinski definition) is 1. The van der Waals surface area contributed by atoms with Gasteiger partial charge in [0.25, 0.3) is 0 Å². The number of carbonyl (C=O) groups is 1. The highest BCUT2D eigenvalue weighted by Crippen LogP contribution is 2.49. The Bertz CT molecular complexity index is 648. The lowest BCUT2D eigenvalue weighted by Gasteiger charge is -2.01. The SMILES string of the molecule is O=C(O)[C@H]1C[C@H]1c1ccc(-c2ccc(Cl)cc2Cl)o1. The van der Waals surface area contributed by atoms with Crippen LogP contribution in [0.25, 0.3) is 11.3 Å². The molecule has 1 fully saturated rings. The summed E-state index contributed by atoms with van der Waals surface area (Å²) in [6, 6.07) is 8.80. The maximum absolute atomic E-state index is 10.8. The molecule has 1 aliphatic rings. The largest absolute Gasteiger partial charge is 0.481 e. The van der Waals surface area contributed by atoms with Crippen LogP contribution in [0.2, 0.25) is 10.0 Å². The fraction of sp³-hybridized carbons (Fsp3) is 0.214. The summed E-state index contributed by atoms with van der Waals surface area (Å²) < 4.78 is 5.70. The molecule has 0 aliphatic heterocycles. The van der Waals surface area contributed by atoms with Gasteiger partial charge in [-0.25, -0.2) is 0 Å². The Morgan fingerprint density at radius 1 is 1.26 bits per heavy atom. The minimum Gasteiger partial charge on any atom is -0.481 e. The second-order valence-corrected chi connectivity index (χ2v) is 5.46. The second-order valence-electron chi connectivity index (χ2n) is 4.61. The molecule has 98 valence electrons. The average molecular weight is 297 g/mol. The first-order chi connectivity index (χ1) is 9.06. The van der Waals surface area contributed by atoms with Crippen molar-refractivity contribution in [2.75, 3.05) is 0 Å². The van der Waals surface area contributed by atoms with Gasteiger partial charge in [-0.1, -0.05) is 23.2 Å². The zero-order chi connectivity index (χ0) is 13.6. The first kappa shape index (κ1) is 12.6. The minimum absolute atomic E-state index is 0.0164. The molecule has 0 radical (unpaired) electrons. The van der Waals surface area contributed by atoms with Gasteiger partial charge >= 0.3 is 5.97 Å². The van der Waals surface area contributed by atoms with Gasteiger partial charge in [-0.05, 0) is 36.8 Å². The van der Waals surface area contributed by atoms with E-state index in [2.05, 4.69) is 0 Å². The number of furan rings is 1. The highest BCUT2D eigenvalue weighted by Gasteiger charge is 2.46. The van der Waals surface area contributed by atoms with Crippen molar-refractivity contribution in [3.8, 4) is 11.3 Å². The van der Waals surface area contributed by atoms with Crippen molar-refractivity contribution < 1.29 is 14.3 Å². The molecule has 2 aromatic rings. The van der Waals surface area contributed by atoms with Crippen LogP contribution in [0.4, 0.5) is 0 Å². The van der Waals surface area contributed by atoms with E-state index in [1.54, 1.807) is 18.2 Å². The monoisotopic (exact) mass is 296 g/mol. The molecule has 3 nitrogen and oxygen atoms in total. The molecule has 1 aliphatic carbocycles. The van der Waals surface area contributed by atoms with Crippen molar-refractivity contribution >= 4 is 29.2 Å².